The molecule has 3 rings (SSSR count). The molecule has 0 atom stereocenters. The normalized spacial score (nSPS) is 15.3. The van der Waals surface area contributed by atoms with Crippen LogP contribution in [0.4, 0.5) is 5.69 Å². The smallest absolute Gasteiger partial charge is 0.147 e. The van der Waals surface area contributed by atoms with Gasteiger partial charge in [-0.05, 0) is 12.1 Å². The summed E-state index contributed by atoms with van der Waals surface area (Å²) in [6.45, 7) is 4.95. The molecule has 1 aromatic heterocycles. The van der Waals surface area contributed by atoms with E-state index in [0.717, 1.165) is 38.5 Å². The third-order valence-electron chi connectivity index (χ3n) is 3.25. The minimum atomic E-state index is 0.899. The maximum absolute atomic E-state index is 4.12. The van der Waals surface area contributed by atoms with Crippen LogP contribution in [-0.2, 0) is 13.1 Å². The van der Waals surface area contributed by atoms with E-state index in [1.54, 1.807) is 0 Å². The van der Waals surface area contributed by atoms with Crippen LogP contribution in [0.2, 0.25) is 0 Å². The van der Waals surface area contributed by atoms with E-state index < -0.39 is 0 Å². The molecule has 94 valence electrons. The second-order valence-corrected chi connectivity index (χ2v) is 4.51. The lowest BCUT2D eigenvalue weighted by Crippen LogP contribution is -2.36. The zero-order valence-corrected chi connectivity index (χ0v) is 10.3. The van der Waals surface area contributed by atoms with Crippen LogP contribution in [0.3, 0.4) is 0 Å². The number of rotatable bonds is 4. The summed E-state index contributed by atoms with van der Waals surface area (Å²) in [5.74, 6) is 1.07. The molecule has 1 N–H and O–H groups in total. The van der Waals surface area contributed by atoms with Crippen molar-refractivity contribution in [1.29, 1.82) is 0 Å². The molecule has 0 spiro atoms. The van der Waals surface area contributed by atoms with Crippen LogP contribution in [0.5, 0.6) is 0 Å². The third-order valence-corrected chi connectivity index (χ3v) is 3.25. The molecule has 18 heavy (non-hydrogen) atoms. The average Bonchev–Trinajstić information content (AvgIpc) is 2.87. The first-order chi connectivity index (χ1) is 8.92. The van der Waals surface area contributed by atoms with Gasteiger partial charge < -0.3 is 9.88 Å². The highest BCUT2D eigenvalue weighted by Gasteiger charge is 2.16. The second-order valence-electron chi connectivity index (χ2n) is 4.51. The molecule has 0 unspecified atom stereocenters. The van der Waals surface area contributed by atoms with Gasteiger partial charge >= 0.3 is 0 Å². The molecule has 0 fully saturated rings. The molecule has 2 aromatic rings. The van der Waals surface area contributed by atoms with Gasteiger partial charge in [0, 0.05) is 31.9 Å². The molecule has 1 aliphatic rings. The van der Waals surface area contributed by atoms with Crippen molar-refractivity contribution >= 4 is 5.69 Å². The number of benzene rings is 1. The Bertz CT molecular complexity index is 493. The number of para-hydroxylation sites is 1. The van der Waals surface area contributed by atoms with Crippen LogP contribution < -0.4 is 5.32 Å². The van der Waals surface area contributed by atoms with E-state index in [1.807, 2.05) is 24.5 Å². The lowest BCUT2D eigenvalue weighted by atomic mass is 10.3. The van der Waals surface area contributed by atoms with Crippen LogP contribution in [0, 0.1) is 0 Å². The molecule has 1 aromatic carbocycles. The van der Waals surface area contributed by atoms with Gasteiger partial charge in [-0.2, -0.15) is 0 Å². The van der Waals surface area contributed by atoms with Crippen LogP contribution in [0.25, 0.3) is 0 Å². The predicted molar refractivity (Wildman–Crippen MR) is 70.2 cm³/mol. The number of fused-ring (bicyclic) bond motifs is 1. The van der Waals surface area contributed by atoms with E-state index in [1.165, 1.54) is 5.69 Å². The first kappa shape index (κ1) is 11.2. The zero-order valence-electron chi connectivity index (χ0n) is 10.3. The average molecular weight is 243 g/mol. The predicted octanol–water partition coefficient (Wildman–Crippen LogP) is 1.21. The standard InChI is InChI=1S/C13H17N5/c1-2-4-12(5-3-1)14-6-7-17-8-9-18-11-15-16-13(18)10-17/h1-5,11,14H,6-10H2. The van der Waals surface area contributed by atoms with E-state index >= 15 is 0 Å². The topological polar surface area (TPSA) is 46.0 Å². The number of nitrogens with zero attached hydrogens (tertiary/aromatic N) is 4. The summed E-state index contributed by atoms with van der Waals surface area (Å²) >= 11 is 0. The molecule has 5 heteroatoms. The zero-order chi connectivity index (χ0) is 12.2. The first-order valence-electron chi connectivity index (χ1n) is 6.30. The fourth-order valence-electron chi connectivity index (χ4n) is 2.22. The second kappa shape index (κ2) is 5.18. The maximum atomic E-state index is 4.12. The Morgan fingerprint density at radius 3 is 2.94 bits per heavy atom. The number of anilines is 1. The molecule has 0 amide bonds. The van der Waals surface area contributed by atoms with Gasteiger partial charge in [0.25, 0.3) is 0 Å². The lowest BCUT2D eigenvalue weighted by Gasteiger charge is -2.26. The quantitative estimate of drug-likeness (QED) is 0.876. The summed E-state index contributed by atoms with van der Waals surface area (Å²) in [6, 6.07) is 10.3. The summed E-state index contributed by atoms with van der Waals surface area (Å²) in [4.78, 5) is 2.40. The molecular weight excluding hydrogens is 226 g/mol. The minimum Gasteiger partial charge on any atom is -0.384 e. The van der Waals surface area contributed by atoms with Crippen molar-refractivity contribution in [3.8, 4) is 0 Å². The fraction of sp³-hybridized carbons (Fsp3) is 0.385. The van der Waals surface area contributed by atoms with Gasteiger partial charge in [0.05, 0.1) is 6.54 Å². The van der Waals surface area contributed by atoms with E-state index in [4.69, 9.17) is 0 Å². The van der Waals surface area contributed by atoms with Crippen molar-refractivity contribution in [2.24, 2.45) is 0 Å². The molecular formula is C13H17N5. The summed E-state index contributed by atoms with van der Waals surface area (Å²) in [5, 5.41) is 11.5. The van der Waals surface area contributed by atoms with Gasteiger partial charge in [-0.3, -0.25) is 4.90 Å². The molecule has 2 heterocycles. The van der Waals surface area contributed by atoms with Gasteiger partial charge in [-0.15, -0.1) is 10.2 Å². The van der Waals surface area contributed by atoms with Crippen molar-refractivity contribution in [3.63, 3.8) is 0 Å². The number of hydrogen-bond acceptors (Lipinski definition) is 4. The number of aromatic nitrogens is 3. The Morgan fingerprint density at radius 1 is 1.17 bits per heavy atom. The first-order valence-corrected chi connectivity index (χ1v) is 6.30. The van der Waals surface area contributed by atoms with Gasteiger partial charge in [0.2, 0.25) is 0 Å². The lowest BCUT2D eigenvalue weighted by molar-refractivity contribution is 0.225. The Balaban J connectivity index is 1.48. The highest BCUT2D eigenvalue weighted by molar-refractivity contribution is 5.42. The Labute approximate surface area is 106 Å². The van der Waals surface area contributed by atoms with Crippen molar-refractivity contribution in [3.05, 3.63) is 42.5 Å². The number of hydrogen-bond donors (Lipinski definition) is 1. The van der Waals surface area contributed by atoms with Gasteiger partial charge in [-0.1, -0.05) is 18.2 Å². The maximum Gasteiger partial charge on any atom is 0.147 e. The highest BCUT2D eigenvalue weighted by Crippen LogP contribution is 2.09. The molecule has 1 aliphatic heterocycles. The molecule has 0 saturated heterocycles. The fourth-order valence-corrected chi connectivity index (χ4v) is 2.22. The summed E-state index contributed by atoms with van der Waals surface area (Å²) in [5.41, 5.74) is 1.18. The Morgan fingerprint density at radius 2 is 2.06 bits per heavy atom. The molecule has 0 aliphatic carbocycles. The van der Waals surface area contributed by atoms with Crippen LogP contribution in [0.1, 0.15) is 5.82 Å². The Hall–Kier alpha value is -1.88. The summed E-state index contributed by atoms with van der Waals surface area (Å²) in [7, 11) is 0. The van der Waals surface area contributed by atoms with Gasteiger partial charge in [-0.25, -0.2) is 0 Å². The SMILES string of the molecule is c1ccc(NCCN2CCn3cnnc3C2)cc1. The van der Waals surface area contributed by atoms with Crippen LogP contribution >= 0.6 is 0 Å². The molecule has 0 bridgehead atoms. The number of nitrogens with one attached hydrogen (secondary N) is 1. The third kappa shape index (κ3) is 2.51. The van der Waals surface area contributed by atoms with Crippen LogP contribution in [-0.4, -0.2) is 39.3 Å². The molecule has 0 saturated carbocycles. The summed E-state index contributed by atoms with van der Waals surface area (Å²) < 4.78 is 2.13. The van der Waals surface area contributed by atoms with E-state index in [9.17, 15) is 0 Å². The highest BCUT2D eigenvalue weighted by atomic mass is 15.3. The van der Waals surface area contributed by atoms with Crippen LogP contribution in [0.15, 0.2) is 36.7 Å². The monoisotopic (exact) mass is 243 g/mol. The van der Waals surface area contributed by atoms with E-state index in [0.29, 0.717) is 0 Å². The van der Waals surface area contributed by atoms with Crippen molar-refractivity contribution in [1.82, 2.24) is 19.7 Å². The van der Waals surface area contributed by atoms with Crippen molar-refractivity contribution < 1.29 is 0 Å². The summed E-state index contributed by atoms with van der Waals surface area (Å²) in [6.07, 6.45) is 1.81. The van der Waals surface area contributed by atoms with Crippen molar-refractivity contribution in [2.45, 2.75) is 13.1 Å². The van der Waals surface area contributed by atoms with Crippen molar-refractivity contribution in [2.75, 3.05) is 25.0 Å². The molecule has 0 radical (unpaired) electrons. The largest absolute Gasteiger partial charge is 0.384 e. The minimum absolute atomic E-state index is 0.899. The van der Waals surface area contributed by atoms with E-state index in [-0.39, 0.29) is 0 Å². The van der Waals surface area contributed by atoms with E-state index in [2.05, 4.69) is 37.1 Å². The molecule has 5 nitrogen and oxygen atoms in total. The Kier molecular flexibility index (Phi) is 3.23. The van der Waals surface area contributed by atoms with Gasteiger partial charge in [0.15, 0.2) is 0 Å². The van der Waals surface area contributed by atoms with Gasteiger partial charge in [0.1, 0.15) is 12.2 Å².